The fourth-order valence-electron chi connectivity index (χ4n) is 2.22. The molecule has 1 rings (SSSR count). The summed E-state index contributed by atoms with van der Waals surface area (Å²) in [5, 5.41) is 10.2. The van der Waals surface area contributed by atoms with Gasteiger partial charge in [-0.2, -0.15) is 0 Å². The van der Waals surface area contributed by atoms with Crippen molar-refractivity contribution < 1.29 is 5.11 Å². The van der Waals surface area contributed by atoms with Gasteiger partial charge in [0.15, 0.2) is 0 Å². The molecule has 0 aromatic heterocycles. The van der Waals surface area contributed by atoms with Crippen molar-refractivity contribution in [2.24, 2.45) is 0 Å². The Bertz CT molecular complexity index is 414. The van der Waals surface area contributed by atoms with E-state index in [0.717, 1.165) is 25.2 Å². The van der Waals surface area contributed by atoms with E-state index in [1.54, 1.807) is 0 Å². The second-order valence-corrected chi connectivity index (χ2v) is 5.91. The SMILES string of the molecule is CN(C)Cc1ccc(O)c(CN(C)C)c1CN(C)C. The summed E-state index contributed by atoms with van der Waals surface area (Å²) in [4.78, 5) is 6.39. The van der Waals surface area contributed by atoms with E-state index in [2.05, 4.69) is 42.9 Å². The van der Waals surface area contributed by atoms with Gasteiger partial charge < -0.3 is 19.8 Å². The van der Waals surface area contributed by atoms with Crippen LogP contribution in [0, 0.1) is 0 Å². The minimum Gasteiger partial charge on any atom is -0.508 e. The zero-order valence-electron chi connectivity index (χ0n) is 13.1. The Kier molecular flexibility index (Phi) is 5.79. The zero-order valence-corrected chi connectivity index (χ0v) is 13.1. The number of rotatable bonds is 6. The van der Waals surface area contributed by atoms with Crippen LogP contribution < -0.4 is 0 Å². The predicted octanol–water partition coefficient (Wildman–Crippen LogP) is 1.58. The van der Waals surface area contributed by atoms with Crippen LogP contribution in [0.15, 0.2) is 12.1 Å². The first-order chi connectivity index (χ1) is 8.81. The van der Waals surface area contributed by atoms with Gasteiger partial charge in [-0.25, -0.2) is 0 Å². The maximum absolute atomic E-state index is 10.2. The lowest BCUT2D eigenvalue weighted by atomic mass is 9.98. The van der Waals surface area contributed by atoms with Crippen molar-refractivity contribution in [1.29, 1.82) is 0 Å². The minimum atomic E-state index is 0.396. The molecule has 0 fully saturated rings. The molecule has 0 heterocycles. The van der Waals surface area contributed by atoms with Crippen molar-refractivity contribution >= 4 is 0 Å². The Labute approximate surface area is 117 Å². The fourth-order valence-corrected chi connectivity index (χ4v) is 2.22. The molecule has 19 heavy (non-hydrogen) atoms. The van der Waals surface area contributed by atoms with Gasteiger partial charge in [0.2, 0.25) is 0 Å². The molecule has 4 nitrogen and oxygen atoms in total. The van der Waals surface area contributed by atoms with Crippen molar-refractivity contribution in [3.63, 3.8) is 0 Å². The van der Waals surface area contributed by atoms with E-state index in [0.29, 0.717) is 5.75 Å². The van der Waals surface area contributed by atoms with Crippen molar-refractivity contribution in [3.05, 3.63) is 28.8 Å². The summed E-state index contributed by atoms with van der Waals surface area (Å²) in [6.07, 6.45) is 0. The van der Waals surface area contributed by atoms with Gasteiger partial charge in [-0.3, -0.25) is 0 Å². The first kappa shape index (κ1) is 16.0. The number of phenolic OH excluding ortho intramolecular Hbond substituents is 1. The lowest BCUT2D eigenvalue weighted by Gasteiger charge is -2.23. The molecule has 0 radical (unpaired) electrons. The third kappa shape index (κ3) is 4.82. The lowest BCUT2D eigenvalue weighted by molar-refractivity contribution is 0.359. The van der Waals surface area contributed by atoms with Crippen molar-refractivity contribution in [2.45, 2.75) is 19.6 Å². The predicted molar refractivity (Wildman–Crippen MR) is 80.3 cm³/mol. The van der Waals surface area contributed by atoms with Gasteiger partial charge in [0, 0.05) is 25.2 Å². The monoisotopic (exact) mass is 265 g/mol. The molecule has 0 aliphatic carbocycles. The maximum Gasteiger partial charge on any atom is 0.120 e. The summed E-state index contributed by atoms with van der Waals surface area (Å²) >= 11 is 0. The Morgan fingerprint density at radius 3 is 1.68 bits per heavy atom. The van der Waals surface area contributed by atoms with E-state index in [9.17, 15) is 5.11 Å². The highest BCUT2D eigenvalue weighted by Gasteiger charge is 2.15. The molecule has 0 amide bonds. The number of nitrogens with zero attached hydrogens (tertiary/aromatic N) is 3. The van der Waals surface area contributed by atoms with Gasteiger partial charge in [-0.1, -0.05) is 6.07 Å². The van der Waals surface area contributed by atoms with E-state index >= 15 is 0 Å². The Balaban J connectivity index is 3.23. The number of phenols is 1. The van der Waals surface area contributed by atoms with E-state index in [4.69, 9.17) is 0 Å². The van der Waals surface area contributed by atoms with Gasteiger partial charge >= 0.3 is 0 Å². The van der Waals surface area contributed by atoms with E-state index in [1.807, 2.05) is 26.2 Å². The highest BCUT2D eigenvalue weighted by atomic mass is 16.3. The first-order valence-electron chi connectivity index (χ1n) is 6.58. The molecule has 0 unspecified atom stereocenters. The number of benzene rings is 1. The van der Waals surface area contributed by atoms with Crippen LogP contribution in [-0.4, -0.2) is 62.1 Å². The van der Waals surface area contributed by atoms with Crippen LogP contribution in [0.4, 0.5) is 0 Å². The van der Waals surface area contributed by atoms with E-state index in [-0.39, 0.29) is 0 Å². The molecule has 0 atom stereocenters. The van der Waals surface area contributed by atoms with Crippen molar-refractivity contribution in [2.75, 3.05) is 42.3 Å². The number of hydrogen-bond acceptors (Lipinski definition) is 4. The zero-order chi connectivity index (χ0) is 14.6. The summed E-state index contributed by atoms with van der Waals surface area (Å²) in [5.41, 5.74) is 3.57. The fraction of sp³-hybridized carbons (Fsp3) is 0.600. The number of hydrogen-bond donors (Lipinski definition) is 1. The average molecular weight is 265 g/mol. The van der Waals surface area contributed by atoms with E-state index in [1.165, 1.54) is 11.1 Å². The Morgan fingerprint density at radius 1 is 0.737 bits per heavy atom. The number of aromatic hydroxyl groups is 1. The van der Waals surface area contributed by atoms with Gasteiger partial charge in [0.25, 0.3) is 0 Å². The molecule has 1 N–H and O–H groups in total. The summed E-state index contributed by atoms with van der Waals surface area (Å²) in [7, 11) is 12.3. The van der Waals surface area contributed by atoms with Crippen LogP contribution in [0.25, 0.3) is 0 Å². The molecular formula is C15H27N3O. The topological polar surface area (TPSA) is 30.0 Å². The third-order valence-electron chi connectivity index (χ3n) is 2.94. The molecule has 0 bridgehead atoms. The molecule has 0 aliphatic rings. The molecule has 1 aromatic rings. The van der Waals surface area contributed by atoms with Crippen LogP contribution in [0.3, 0.4) is 0 Å². The second-order valence-electron chi connectivity index (χ2n) is 5.91. The minimum absolute atomic E-state index is 0.396. The van der Waals surface area contributed by atoms with Crippen LogP contribution in [0.5, 0.6) is 5.75 Å². The molecule has 108 valence electrons. The summed E-state index contributed by atoms with van der Waals surface area (Å²) in [5.74, 6) is 0.396. The normalized spacial score (nSPS) is 11.8. The largest absolute Gasteiger partial charge is 0.508 e. The van der Waals surface area contributed by atoms with Crippen LogP contribution in [0.2, 0.25) is 0 Å². The highest BCUT2D eigenvalue weighted by Crippen LogP contribution is 2.27. The lowest BCUT2D eigenvalue weighted by Crippen LogP contribution is -2.20. The Morgan fingerprint density at radius 2 is 1.21 bits per heavy atom. The van der Waals surface area contributed by atoms with Crippen LogP contribution in [-0.2, 0) is 19.6 Å². The first-order valence-corrected chi connectivity index (χ1v) is 6.58. The van der Waals surface area contributed by atoms with Crippen molar-refractivity contribution in [3.8, 4) is 5.75 Å². The molecule has 0 aliphatic heterocycles. The summed E-state index contributed by atoms with van der Waals surface area (Å²) in [6.45, 7) is 2.50. The summed E-state index contributed by atoms with van der Waals surface area (Å²) in [6, 6.07) is 3.85. The van der Waals surface area contributed by atoms with Crippen molar-refractivity contribution in [1.82, 2.24) is 14.7 Å². The van der Waals surface area contributed by atoms with Crippen LogP contribution >= 0.6 is 0 Å². The van der Waals surface area contributed by atoms with Gasteiger partial charge in [-0.05, 0) is 59.5 Å². The molecule has 0 spiro atoms. The summed E-state index contributed by atoms with van der Waals surface area (Å²) < 4.78 is 0. The standard InChI is InChI=1S/C15H27N3O/c1-16(2)9-12-7-8-15(19)14(11-18(5)6)13(12)10-17(3)4/h7-8,19H,9-11H2,1-6H3. The highest BCUT2D eigenvalue weighted by molar-refractivity contribution is 5.44. The van der Waals surface area contributed by atoms with Gasteiger partial charge in [-0.15, -0.1) is 0 Å². The van der Waals surface area contributed by atoms with Crippen LogP contribution in [0.1, 0.15) is 16.7 Å². The molecular weight excluding hydrogens is 238 g/mol. The Hall–Kier alpha value is -1.10. The van der Waals surface area contributed by atoms with Gasteiger partial charge in [0.05, 0.1) is 0 Å². The average Bonchev–Trinajstić information content (AvgIpc) is 2.25. The molecule has 1 aromatic carbocycles. The molecule has 0 saturated carbocycles. The quantitative estimate of drug-likeness (QED) is 0.846. The van der Waals surface area contributed by atoms with Gasteiger partial charge in [0.1, 0.15) is 5.75 Å². The maximum atomic E-state index is 10.2. The molecule has 0 saturated heterocycles. The molecule has 4 heteroatoms. The third-order valence-corrected chi connectivity index (χ3v) is 2.94. The van der Waals surface area contributed by atoms with E-state index < -0.39 is 0 Å². The smallest absolute Gasteiger partial charge is 0.120 e. The second kappa shape index (κ2) is 6.89.